The highest BCUT2D eigenvalue weighted by Gasteiger charge is 2.21. The molecule has 8 rings (SSSR count). The average Bonchev–Trinajstić information content (AvgIpc) is 3.01. The molecule has 0 saturated heterocycles. The Morgan fingerprint density at radius 3 is 1.85 bits per heavy atom. The number of fused-ring (bicyclic) bond motifs is 9. The standard InChI is InChI=1S/C39H29N/c1-25-22-28(29-10-8-9-17-38(29)40-25)23-26-18-20-27(21-19-26)36-24-37-32-13-3-2-11-30(32)31-12-4-6-15-34(31)39(37)35-16-7-5-14-33(35)36/h2-21,24,28H,22-23H2,1H3. The summed E-state index contributed by atoms with van der Waals surface area (Å²) in [4.78, 5) is 4.80. The normalized spacial score (nSPS) is 15.0. The molecule has 0 aliphatic carbocycles. The number of hydrogen-bond donors (Lipinski definition) is 0. The van der Waals surface area contributed by atoms with Crippen molar-refractivity contribution in [2.75, 3.05) is 0 Å². The smallest absolute Gasteiger partial charge is 0.0663 e. The minimum absolute atomic E-state index is 0.473. The summed E-state index contributed by atoms with van der Waals surface area (Å²) in [6.07, 6.45) is 2.05. The van der Waals surface area contributed by atoms with Crippen LogP contribution in [0.4, 0.5) is 5.69 Å². The molecule has 0 fully saturated rings. The maximum absolute atomic E-state index is 4.80. The van der Waals surface area contributed by atoms with Crippen LogP contribution in [0.25, 0.3) is 54.2 Å². The van der Waals surface area contributed by atoms with Crippen LogP contribution in [0.3, 0.4) is 0 Å². The van der Waals surface area contributed by atoms with Crippen molar-refractivity contribution in [1.29, 1.82) is 0 Å². The van der Waals surface area contributed by atoms with E-state index in [1.54, 1.807) is 0 Å². The van der Waals surface area contributed by atoms with Gasteiger partial charge in [0.2, 0.25) is 0 Å². The molecule has 1 nitrogen and oxygen atoms in total. The molecule has 40 heavy (non-hydrogen) atoms. The summed E-state index contributed by atoms with van der Waals surface area (Å²) in [7, 11) is 0. The number of aliphatic imine (C=N–C) groups is 1. The molecular formula is C39H29N. The van der Waals surface area contributed by atoms with Gasteiger partial charge in [-0.05, 0) is 103 Å². The van der Waals surface area contributed by atoms with E-state index in [1.165, 1.54) is 71.1 Å². The van der Waals surface area contributed by atoms with Gasteiger partial charge in [-0.15, -0.1) is 0 Å². The highest BCUT2D eigenvalue weighted by atomic mass is 14.8. The van der Waals surface area contributed by atoms with Gasteiger partial charge in [0.25, 0.3) is 0 Å². The average molecular weight is 512 g/mol. The number of para-hydroxylation sites is 1. The molecule has 1 aliphatic rings. The van der Waals surface area contributed by atoms with Crippen molar-refractivity contribution < 1.29 is 0 Å². The minimum Gasteiger partial charge on any atom is -0.258 e. The van der Waals surface area contributed by atoms with Crippen LogP contribution >= 0.6 is 0 Å². The summed E-state index contributed by atoms with van der Waals surface area (Å²) < 4.78 is 0. The largest absolute Gasteiger partial charge is 0.258 e. The lowest BCUT2D eigenvalue weighted by Crippen LogP contribution is -2.12. The molecule has 190 valence electrons. The SMILES string of the molecule is CC1=Nc2ccccc2C(Cc2ccc(-c3cc4c5ccccc5c5ccccc5c4c4ccccc34)cc2)C1. The Morgan fingerprint density at radius 1 is 0.575 bits per heavy atom. The van der Waals surface area contributed by atoms with Gasteiger partial charge in [0.05, 0.1) is 5.69 Å². The van der Waals surface area contributed by atoms with E-state index < -0.39 is 0 Å². The van der Waals surface area contributed by atoms with E-state index in [0.29, 0.717) is 5.92 Å². The van der Waals surface area contributed by atoms with Gasteiger partial charge in [-0.3, -0.25) is 4.99 Å². The topological polar surface area (TPSA) is 12.4 Å². The van der Waals surface area contributed by atoms with E-state index in [-0.39, 0.29) is 0 Å². The van der Waals surface area contributed by atoms with E-state index >= 15 is 0 Å². The van der Waals surface area contributed by atoms with Gasteiger partial charge in [0.1, 0.15) is 0 Å². The molecule has 1 heterocycles. The van der Waals surface area contributed by atoms with Crippen molar-refractivity contribution in [3.8, 4) is 11.1 Å². The van der Waals surface area contributed by atoms with E-state index in [2.05, 4.69) is 134 Å². The Hall–Kier alpha value is -4.75. The summed E-state index contributed by atoms with van der Waals surface area (Å²) >= 11 is 0. The molecule has 1 heteroatoms. The van der Waals surface area contributed by atoms with Gasteiger partial charge >= 0.3 is 0 Å². The van der Waals surface area contributed by atoms with Crippen molar-refractivity contribution in [2.24, 2.45) is 4.99 Å². The van der Waals surface area contributed by atoms with E-state index in [9.17, 15) is 0 Å². The number of rotatable bonds is 3. The zero-order valence-corrected chi connectivity index (χ0v) is 22.6. The van der Waals surface area contributed by atoms with Crippen molar-refractivity contribution in [3.63, 3.8) is 0 Å². The number of nitrogens with zero attached hydrogens (tertiary/aromatic N) is 1. The van der Waals surface area contributed by atoms with Crippen LogP contribution in [0.1, 0.15) is 30.4 Å². The Balaban J connectivity index is 1.28. The predicted octanol–water partition coefficient (Wildman–Crippen LogP) is 10.8. The van der Waals surface area contributed by atoms with Gasteiger partial charge in [-0.25, -0.2) is 0 Å². The molecule has 0 spiro atoms. The number of benzene rings is 7. The summed E-state index contributed by atoms with van der Waals surface area (Å²) in [5.41, 5.74) is 7.66. The van der Waals surface area contributed by atoms with Gasteiger partial charge in [0.15, 0.2) is 0 Å². The second-order valence-corrected chi connectivity index (χ2v) is 11.2. The Kier molecular flexibility index (Phi) is 5.31. The second kappa shape index (κ2) is 9.17. The van der Waals surface area contributed by atoms with E-state index in [4.69, 9.17) is 4.99 Å². The zero-order chi connectivity index (χ0) is 26.6. The Labute approximate surface area is 234 Å². The molecule has 1 atom stereocenters. The van der Waals surface area contributed by atoms with Crippen molar-refractivity contribution in [1.82, 2.24) is 0 Å². The van der Waals surface area contributed by atoms with Crippen LogP contribution in [-0.4, -0.2) is 5.71 Å². The molecule has 0 amide bonds. The Morgan fingerprint density at radius 2 is 1.12 bits per heavy atom. The molecule has 0 aromatic heterocycles. The highest BCUT2D eigenvalue weighted by Crippen LogP contribution is 2.43. The van der Waals surface area contributed by atoms with Crippen LogP contribution in [0.5, 0.6) is 0 Å². The molecule has 0 saturated carbocycles. The maximum atomic E-state index is 4.80. The third kappa shape index (κ3) is 3.66. The van der Waals surface area contributed by atoms with Gasteiger partial charge in [-0.1, -0.05) is 115 Å². The van der Waals surface area contributed by atoms with Crippen LogP contribution in [0.2, 0.25) is 0 Å². The van der Waals surface area contributed by atoms with Gasteiger partial charge in [-0.2, -0.15) is 0 Å². The van der Waals surface area contributed by atoms with Gasteiger partial charge < -0.3 is 0 Å². The van der Waals surface area contributed by atoms with E-state index in [0.717, 1.165) is 18.5 Å². The van der Waals surface area contributed by atoms with Crippen molar-refractivity contribution >= 4 is 54.5 Å². The first-order valence-electron chi connectivity index (χ1n) is 14.2. The molecular weight excluding hydrogens is 482 g/mol. The molecule has 0 bridgehead atoms. The fourth-order valence-electron chi connectivity index (χ4n) is 6.95. The first-order chi connectivity index (χ1) is 19.7. The molecule has 1 aliphatic heterocycles. The third-order valence-corrected chi connectivity index (χ3v) is 8.73. The van der Waals surface area contributed by atoms with Crippen LogP contribution in [-0.2, 0) is 6.42 Å². The first-order valence-corrected chi connectivity index (χ1v) is 14.2. The summed E-state index contributed by atoms with van der Waals surface area (Å²) in [6.45, 7) is 2.16. The minimum atomic E-state index is 0.473. The summed E-state index contributed by atoms with van der Waals surface area (Å²) in [6, 6.07) is 47.0. The number of hydrogen-bond acceptors (Lipinski definition) is 1. The monoisotopic (exact) mass is 511 g/mol. The Bertz CT molecular complexity index is 2110. The summed E-state index contributed by atoms with van der Waals surface area (Å²) in [5.74, 6) is 0.473. The first kappa shape index (κ1) is 23.2. The van der Waals surface area contributed by atoms with Crippen LogP contribution in [0.15, 0.2) is 132 Å². The lowest BCUT2D eigenvalue weighted by molar-refractivity contribution is 0.703. The lowest BCUT2D eigenvalue weighted by Gasteiger charge is -2.24. The molecule has 0 radical (unpaired) electrons. The molecule has 7 aromatic carbocycles. The van der Waals surface area contributed by atoms with Crippen LogP contribution < -0.4 is 0 Å². The fraction of sp³-hybridized carbons (Fsp3) is 0.103. The quantitative estimate of drug-likeness (QED) is 0.209. The molecule has 7 aromatic rings. The van der Waals surface area contributed by atoms with Gasteiger partial charge in [0, 0.05) is 5.71 Å². The lowest BCUT2D eigenvalue weighted by atomic mass is 9.84. The molecule has 0 N–H and O–H groups in total. The van der Waals surface area contributed by atoms with Crippen molar-refractivity contribution in [2.45, 2.75) is 25.7 Å². The molecule has 1 unspecified atom stereocenters. The van der Waals surface area contributed by atoms with Crippen molar-refractivity contribution in [3.05, 3.63) is 139 Å². The van der Waals surface area contributed by atoms with E-state index in [1.807, 2.05) is 0 Å². The fourth-order valence-corrected chi connectivity index (χ4v) is 6.95. The third-order valence-electron chi connectivity index (χ3n) is 8.73. The maximum Gasteiger partial charge on any atom is 0.0663 e. The summed E-state index contributed by atoms with van der Waals surface area (Å²) in [5, 5.41) is 10.5. The second-order valence-electron chi connectivity index (χ2n) is 11.2. The zero-order valence-electron chi connectivity index (χ0n) is 22.6. The highest BCUT2D eigenvalue weighted by molar-refractivity contribution is 6.32. The predicted molar refractivity (Wildman–Crippen MR) is 172 cm³/mol. The van der Waals surface area contributed by atoms with Crippen LogP contribution in [0, 0.1) is 0 Å².